The number of nitrogens with zero attached hydrogens (tertiary/aromatic N) is 3. The van der Waals surface area contributed by atoms with Crippen LogP contribution in [-0.2, 0) is 28.7 Å². The third kappa shape index (κ3) is 3.37. The van der Waals surface area contributed by atoms with Gasteiger partial charge in [-0.1, -0.05) is 6.92 Å². The number of pyridine rings is 1. The van der Waals surface area contributed by atoms with Crippen LogP contribution < -0.4 is 0 Å². The average Bonchev–Trinajstić information content (AvgIpc) is 3.23. The van der Waals surface area contributed by atoms with Crippen LogP contribution in [0.2, 0.25) is 0 Å². The summed E-state index contributed by atoms with van der Waals surface area (Å²) in [5, 5.41) is 0. The number of ether oxygens (including phenoxy) is 1. The van der Waals surface area contributed by atoms with Gasteiger partial charge in [-0.2, -0.15) is 13.2 Å². The largest absolute Gasteiger partial charge is 0.417 e. The Balaban J connectivity index is 1.38. The standard InChI is InChI=1S/C23H30F3N3O2/c1-13-10-28(11-14(2)31-13)18-4-5-22(8-18)15(3)20-7-19-16(12-29(20)21(22)30)6-17(9-27-19)23(24,25)26/h6,9,13-15,18,20H,4-5,7-8,10-12H2,1-3H3/t13-,14+,15?,18-,20?,22+/m1/s1. The molecule has 0 radical (unpaired) electrons. The van der Waals surface area contributed by atoms with Gasteiger partial charge >= 0.3 is 6.18 Å². The van der Waals surface area contributed by atoms with E-state index in [1.807, 2.05) is 4.90 Å². The van der Waals surface area contributed by atoms with Crippen molar-refractivity contribution in [2.75, 3.05) is 13.1 Å². The molecule has 1 amide bonds. The summed E-state index contributed by atoms with van der Waals surface area (Å²) in [4.78, 5) is 22.1. The van der Waals surface area contributed by atoms with Crippen molar-refractivity contribution in [3.8, 4) is 0 Å². The minimum Gasteiger partial charge on any atom is -0.373 e. The molecule has 5 rings (SSSR count). The minimum atomic E-state index is -4.42. The van der Waals surface area contributed by atoms with Crippen molar-refractivity contribution < 1.29 is 22.7 Å². The van der Waals surface area contributed by atoms with Gasteiger partial charge in [0.2, 0.25) is 5.91 Å². The molecule has 31 heavy (non-hydrogen) atoms. The van der Waals surface area contributed by atoms with Crippen molar-refractivity contribution >= 4 is 5.91 Å². The molecule has 1 aliphatic carbocycles. The van der Waals surface area contributed by atoms with E-state index in [1.54, 1.807) is 0 Å². The van der Waals surface area contributed by atoms with Gasteiger partial charge in [0.25, 0.3) is 0 Å². The van der Waals surface area contributed by atoms with Gasteiger partial charge in [0.15, 0.2) is 0 Å². The maximum atomic E-state index is 13.7. The van der Waals surface area contributed by atoms with Crippen molar-refractivity contribution in [3.63, 3.8) is 0 Å². The van der Waals surface area contributed by atoms with E-state index >= 15 is 0 Å². The Hall–Kier alpha value is -1.67. The Morgan fingerprint density at radius 2 is 1.90 bits per heavy atom. The van der Waals surface area contributed by atoms with E-state index in [2.05, 4.69) is 30.7 Å². The predicted molar refractivity (Wildman–Crippen MR) is 108 cm³/mol. The first-order valence-electron chi connectivity index (χ1n) is 11.3. The zero-order chi connectivity index (χ0) is 22.1. The second kappa shape index (κ2) is 7.17. The molecule has 3 aliphatic heterocycles. The molecular formula is C23H30F3N3O2. The summed E-state index contributed by atoms with van der Waals surface area (Å²) < 4.78 is 45.3. The first kappa shape index (κ1) is 21.2. The van der Waals surface area contributed by atoms with Crippen molar-refractivity contribution in [1.82, 2.24) is 14.8 Å². The van der Waals surface area contributed by atoms with Gasteiger partial charge in [-0.3, -0.25) is 14.7 Å². The Morgan fingerprint density at radius 3 is 2.58 bits per heavy atom. The number of alkyl halides is 3. The van der Waals surface area contributed by atoms with Crippen molar-refractivity contribution in [2.45, 2.75) is 83.5 Å². The fourth-order valence-electron chi connectivity index (χ4n) is 6.63. The normalized spacial score (nSPS) is 38.6. The maximum absolute atomic E-state index is 13.7. The summed E-state index contributed by atoms with van der Waals surface area (Å²) in [6.07, 6.45) is 0.0848. The number of halogens is 3. The maximum Gasteiger partial charge on any atom is 0.417 e. The predicted octanol–water partition coefficient (Wildman–Crippen LogP) is 3.65. The van der Waals surface area contributed by atoms with E-state index in [0.717, 1.165) is 38.5 Å². The lowest BCUT2D eigenvalue weighted by Crippen LogP contribution is -2.50. The molecule has 3 fully saturated rings. The number of amides is 1. The van der Waals surface area contributed by atoms with E-state index in [9.17, 15) is 18.0 Å². The van der Waals surface area contributed by atoms with Gasteiger partial charge < -0.3 is 9.64 Å². The Morgan fingerprint density at radius 1 is 1.19 bits per heavy atom. The molecule has 0 N–H and O–H groups in total. The van der Waals surface area contributed by atoms with Crippen LogP contribution in [0, 0.1) is 11.3 Å². The molecule has 6 atom stereocenters. The number of hydrogen-bond acceptors (Lipinski definition) is 4. The van der Waals surface area contributed by atoms with E-state index in [-0.39, 0.29) is 36.6 Å². The molecular weight excluding hydrogens is 407 g/mol. The van der Waals surface area contributed by atoms with Crippen LogP contribution in [-0.4, -0.2) is 58.1 Å². The zero-order valence-electron chi connectivity index (χ0n) is 18.3. The van der Waals surface area contributed by atoms with Crippen LogP contribution in [0.1, 0.15) is 56.9 Å². The van der Waals surface area contributed by atoms with Crippen LogP contribution in [0.15, 0.2) is 12.3 Å². The molecule has 2 unspecified atom stereocenters. The van der Waals surface area contributed by atoms with Gasteiger partial charge in [0.1, 0.15) is 0 Å². The highest BCUT2D eigenvalue weighted by atomic mass is 19.4. The molecule has 4 aliphatic rings. The molecule has 0 aromatic carbocycles. The summed E-state index contributed by atoms with van der Waals surface area (Å²) in [6.45, 7) is 8.35. The van der Waals surface area contributed by atoms with Crippen LogP contribution in [0.3, 0.4) is 0 Å². The van der Waals surface area contributed by atoms with Gasteiger partial charge in [0, 0.05) is 50.0 Å². The molecule has 1 aromatic heterocycles. The van der Waals surface area contributed by atoms with E-state index < -0.39 is 17.2 Å². The highest BCUT2D eigenvalue weighted by Crippen LogP contribution is 2.55. The van der Waals surface area contributed by atoms with E-state index in [0.29, 0.717) is 23.7 Å². The van der Waals surface area contributed by atoms with Gasteiger partial charge in [0.05, 0.1) is 23.2 Å². The fourth-order valence-corrected chi connectivity index (χ4v) is 6.63. The molecule has 0 bridgehead atoms. The highest BCUT2D eigenvalue weighted by molar-refractivity contribution is 5.87. The SMILES string of the molecule is CC1C2Cc3ncc(C(F)(F)F)cc3CN2C(=O)[C@]12CC[C@@H](N1C[C@@H](C)O[C@@H](C)C1)C2. The number of carbonyl (C=O) groups is 1. The lowest BCUT2D eigenvalue weighted by molar-refractivity contribution is -0.138. The monoisotopic (exact) mass is 437 g/mol. The summed E-state index contributed by atoms with van der Waals surface area (Å²) in [7, 11) is 0. The lowest BCUT2D eigenvalue weighted by atomic mass is 9.73. The second-order valence-corrected chi connectivity index (χ2v) is 10.1. The Bertz CT molecular complexity index is 881. The van der Waals surface area contributed by atoms with Crippen LogP contribution in [0.4, 0.5) is 13.2 Å². The number of morpholine rings is 1. The van der Waals surface area contributed by atoms with Gasteiger partial charge in [-0.25, -0.2) is 0 Å². The first-order chi connectivity index (χ1) is 14.6. The molecule has 170 valence electrons. The Kier molecular flexibility index (Phi) is 4.90. The third-order valence-corrected chi connectivity index (χ3v) is 8.15. The summed E-state index contributed by atoms with van der Waals surface area (Å²) in [6, 6.07) is 1.56. The van der Waals surface area contributed by atoms with Crippen LogP contribution in [0.25, 0.3) is 0 Å². The highest BCUT2D eigenvalue weighted by Gasteiger charge is 2.61. The topological polar surface area (TPSA) is 45.7 Å². The van der Waals surface area contributed by atoms with Gasteiger partial charge in [-0.05, 0) is 50.7 Å². The summed E-state index contributed by atoms with van der Waals surface area (Å²) >= 11 is 0. The second-order valence-electron chi connectivity index (χ2n) is 10.1. The number of fused-ring (bicyclic) bond motifs is 2. The fraction of sp³-hybridized carbons (Fsp3) is 0.739. The molecule has 1 aromatic rings. The molecule has 5 nitrogen and oxygen atoms in total. The quantitative estimate of drug-likeness (QED) is 0.673. The zero-order valence-corrected chi connectivity index (χ0v) is 18.3. The Labute approximate surface area is 180 Å². The van der Waals surface area contributed by atoms with Crippen LogP contribution >= 0.6 is 0 Å². The number of hydrogen-bond donors (Lipinski definition) is 0. The van der Waals surface area contributed by atoms with Crippen molar-refractivity contribution in [2.24, 2.45) is 11.3 Å². The number of aromatic nitrogens is 1. The average molecular weight is 438 g/mol. The number of rotatable bonds is 1. The van der Waals surface area contributed by atoms with Crippen LogP contribution in [0.5, 0.6) is 0 Å². The van der Waals surface area contributed by atoms with E-state index in [4.69, 9.17) is 4.74 Å². The minimum absolute atomic E-state index is 0.0190. The van der Waals surface area contributed by atoms with E-state index in [1.165, 1.54) is 6.07 Å². The van der Waals surface area contributed by atoms with Crippen molar-refractivity contribution in [3.05, 3.63) is 29.1 Å². The van der Waals surface area contributed by atoms with Gasteiger partial charge in [-0.15, -0.1) is 0 Å². The molecule has 4 heterocycles. The first-order valence-corrected chi connectivity index (χ1v) is 11.3. The third-order valence-electron chi connectivity index (χ3n) is 8.15. The molecule has 1 spiro atoms. The molecule has 8 heteroatoms. The lowest BCUT2D eigenvalue weighted by Gasteiger charge is -2.39. The summed E-state index contributed by atoms with van der Waals surface area (Å²) in [5.74, 6) is 0.294. The number of carbonyl (C=O) groups excluding carboxylic acids is 1. The van der Waals surface area contributed by atoms with Crippen molar-refractivity contribution in [1.29, 1.82) is 0 Å². The smallest absolute Gasteiger partial charge is 0.373 e. The molecule has 2 saturated heterocycles. The summed E-state index contributed by atoms with van der Waals surface area (Å²) in [5.41, 5.74) is 0.0932. The molecule has 1 saturated carbocycles.